The molecule has 0 aliphatic carbocycles. The van der Waals surface area contributed by atoms with Crippen molar-refractivity contribution >= 4 is 34.7 Å². The smallest absolute Gasteiger partial charge is 0.275 e. The first kappa shape index (κ1) is 22.7. The maximum Gasteiger partial charge on any atom is 0.275 e. The lowest BCUT2D eigenvalue weighted by atomic mass is 9.97. The van der Waals surface area contributed by atoms with Crippen LogP contribution >= 0.6 is 12.2 Å². The van der Waals surface area contributed by atoms with Crippen molar-refractivity contribution in [3.63, 3.8) is 0 Å². The van der Waals surface area contributed by atoms with Crippen LogP contribution < -0.4 is 21.5 Å². The predicted octanol–water partition coefficient (Wildman–Crippen LogP) is 4.44. The molecule has 7 nitrogen and oxygen atoms in total. The van der Waals surface area contributed by atoms with E-state index in [1.807, 2.05) is 61.5 Å². The molecule has 33 heavy (non-hydrogen) atoms. The van der Waals surface area contributed by atoms with Crippen molar-refractivity contribution in [2.45, 2.75) is 38.3 Å². The van der Waals surface area contributed by atoms with Crippen LogP contribution in [0.4, 0.5) is 20.3 Å². The number of aromatic nitrogens is 2. The van der Waals surface area contributed by atoms with Gasteiger partial charge in [0.2, 0.25) is 0 Å². The van der Waals surface area contributed by atoms with E-state index < -0.39 is 18.4 Å². The fourth-order valence-corrected chi connectivity index (χ4v) is 4.05. The van der Waals surface area contributed by atoms with Crippen LogP contribution in [0.25, 0.3) is 0 Å². The quantitative estimate of drug-likeness (QED) is 0.326. The van der Waals surface area contributed by atoms with Gasteiger partial charge in [0.05, 0.1) is 12.2 Å². The van der Waals surface area contributed by atoms with Crippen LogP contribution in [0, 0.1) is 0 Å². The Bertz CT molecular complexity index is 1140. The number of fused-ring (bicyclic) bond motifs is 1. The van der Waals surface area contributed by atoms with E-state index in [4.69, 9.17) is 12.2 Å². The number of thiocarbonyl (C=S) groups is 1. The van der Waals surface area contributed by atoms with Crippen molar-refractivity contribution in [1.82, 2.24) is 20.6 Å². The number of nitrogens with zero attached hydrogens (tertiary/aromatic N) is 2. The van der Waals surface area contributed by atoms with Gasteiger partial charge in [-0.15, -0.1) is 0 Å². The monoisotopic (exact) mass is 470 g/mol. The molecular formula is C23H24F2N6OS. The first-order valence-electron chi connectivity index (χ1n) is 10.6. The second-order valence-corrected chi connectivity index (χ2v) is 8.05. The number of aryl methyl sites for hydroxylation is 1. The molecule has 2 heterocycles. The number of hydrogen-bond donors (Lipinski definition) is 4. The Balaban J connectivity index is 1.48. The number of carbonyl (C=O) groups is 1. The summed E-state index contributed by atoms with van der Waals surface area (Å²) in [5.41, 5.74) is 8.10. The molecule has 0 spiro atoms. The molecule has 0 saturated heterocycles. The van der Waals surface area contributed by atoms with E-state index in [1.165, 1.54) is 10.9 Å². The highest BCUT2D eigenvalue weighted by molar-refractivity contribution is 7.80. The van der Waals surface area contributed by atoms with Crippen molar-refractivity contribution in [3.8, 4) is 0 Å². The molecule has 0 radical (unpaired) electrons. The van der Waals surface area contributed by atoms with Gasteiger partial charge in [0, 0.05) is 5.69 Å². The average molecular weight is 471 g/mol. The van der Waals surface area contributed by atoms with Gasteiger partial charge in [-0.3, -0.25) is 15.6 Å². The highest BCUT2D eigenvalue weighted by Gasteiger charge is 2.36. The number of halogens is 2. The lowest BCUT2D eigenvalue weighted by Gasteiger charge is -2.32. The number of nitrogens with one attached hydrogen (secondary N) is 4. The molecule has 1 aliphatic heterocycles. The van der Waals surface area contributed by atoms with Crippen molar-refractivity contribution < 1.29 is 13.6 Å². The van der Waals surface area contributed by atoms with Crippen LogP contribution in [0.5, 0.6) is 0 Å². The zero-order valence-corrected chi connectivity index (χ0v) is 18.7. The lowest BCUT2D eigenvalue weighted by Crippen LogP contribution is -2.44. The fraction of sp³-hybridized carbons (Fsp3) is 0.261. The molecule has 172 valence electrons. The second-order valence-electron chi connectivity index (χ2n) is 7.64. The molecule has 4 N–H and O–H groups in total. The highest BCUT2D eigenvalue weighted by Crippen LogP contribution is 2.39. The Morgan fingerprint density at radius 1 is 1.18 bits per heavy atom. The van der Waals surface area contributed by atoms with Gasteiger partial charge in [-0.05, 0) is 42.3 Å². The molecule has 1 aromatic heterocycles. The number of hydrazine groups is 1. The largest absolute Gasteiger partial charge is 0.363 e. The molecule has 10 heteroatoms. The van der Waals surface area contributed by atoms with E-state index in [1.54, 1.807) is 0 Å². The summed E-state index contributed by atoms with van der Waals surface area (Å²) in [6.45, 7) is 2.03. The highest BCUT2D eigenvalue weighted by atomic mass is 32.1. The number of amides is 1. The van der Waals surface area contributed by atoms with E-state index in [0.29, 0.717) is 0 Å². The van der Waals surface area contributed by atoms with E-state index in [-0.39, 0.29) is 29.0 Å². The number of alkyl halides is 2. The molecule has 0 unspecified atom stereocenters. The number of rotatable bonds is 5. The van der Waals surface area contributed by atoms with Crippen LogP contribution in [0.3, 0.4) is 0 Å². The normalized spacial score (nSPS) is 17.1. The van der Waals surface area contributed by atoms with Crippen LogP contribution in [-0.4, -0.2) is 27.2 Å². The summed E-state index contributed by atoms with van der Waals surface area (Å²) >= 11 is 5.28. The Morgan fingerprint density at radius 3 is 2.64 bits per heavy atom. The van der Waals surface area contributed by atoms with Crippen molar-refractivity contribution in [2.24, 2.45) is 0 Å². The van der Waals surface area contributed by atoms with Crippen LogP contribution in [0.1, 0.15) is 46.9 Å². The standard InChI is InChI=1S/C23H24F2N6OS/c1-2-14-8-6-7-11-17(14)28-23(33)30-29-22(32)16-13-26-31-19(20(24)25)12-18(27-21(16)31)15-9-4-3-5-10-15/h3-11,13,18-20,27H,2,12H2,1H3,(H,29,32)(H2,28,30,33)/t18-,19+/m0/s1. The Labute approximate surface area is 195 Å². The zero-order valence-electron chi connectivity index (χ0n) is 17.9. The van der Waals surface area contributed by atoms with Crippen LogP contribution in [0.2, 0.25) is 0 Å². The van der Waals surface area contributed by atoms with Gasteiger partial charge >= 0.3 is 0 Å². The minimum absolute atomic E-state index is 0.144. The summed E-state index contributed by atoms with van der Waals surface area (Å²) in [6.07, 6.45) is -0.368. The van der Waals surface area contributed by atoms with Gasteiger partial charge in [0.25, 0.3) is 12.3 Å². The molecule has 4 rings (SSSR count). The first-order valence-corrected chi connectivity index (χ1v) is 11.0. The molecule has 3 aromatic rings. The topological polar surface area (TPSA) is 83.0 Å². The Kier molecular flexibility index (Phi) is 6.83. The fourth-order valence-electron chi connectivity index (χ4n) is 3.89. The number of anilines is 2. The summed E-state index contributed by atoms with van der Waals surface area (Å²) in [6, 6.07) is 15.5. The molecular weight excluding hydrogens is 446 g/mol. The van der Waals surface area contributed by atoms with Gasteiger partial charge < -0.3 is 10.6 Å². The van der Waals surface area contributed by atoms with E-state index >= 15 is 0 Å². The Morgan fingerprint density at radius 2 is 1.91 bits per heavy atom. The third kappa shape index (κ3) is 4.95. The summed E-state index contributed by atoms with van der Waals surface area (Å²) in [4.78, 5) is 12.8. The van der Waals surface area contributed by atoms with Crippen LogP contribution in [0.15, 0.2) is 60.8 Å². The van der Waals surface area contributed by atoms with Crippen molar-refractivity contribution in [3.05, 3.63) is 77.5 Å². The third-order valence-corrected chi connectivity index (χ3v) is 5.78. The van der Waals surface area contributed by atoms with Gasteiger partial charge in [-0.1, -0.05) is 55.5 Å². The van der Waals surface area contributed by atoms with Gasteiger partial charge in [0.1, 0.15) is 17.4 Å². The van der Waals surface area contributed by atoms with Crippen LogP contribution in [-0.2, 0) is 6.42 Å². The van der Waals surface area contributed by atoms with Crippen molar-refractivity contribution in [1.29, 1.82) is 0 Å². The molecule has 0 saturated carbocycles. The van der Waals surface area contributed by atoms with Gasteiger partial charge in [0.15, 0.2) is 5.11 Å². The Hall–Kier alpha value is -3.53. The molecule has 0 fully saturated rings. The molecule has 1 amide bonds. The number of carbonyl (C=O) groups excluding carboxylic acids is 1. The minimum atomic E-state index is -2.62. The number of hydrogen-bond acceptors (Lipinski definition) is 4. The number of benzene rings is 2. The summed E-state index contributed by atoms with van der Waals surface area (Å²) < 4.78 is 28.8. The first-order chi connectivity index (χ1) is 16.0. The van der Waals surface area contributed by atoms with Gasteiger partial charge in [-0.2, -0.15) is 5.10 Å². The summed E-state index contributed by atoms with van der Waals surface area (Å²) in [5.74, 6) is -0.298. The minimum Gasteiger partial charge on any atom is -0.363 e. The molecule has 1 aliphatic rings. The summed E-state index contributed by atoms with van der Waals surface area (Å²) in [7, 11) is 0. The molecule has 2 aromatic carbocycles. The lowest BCUT2D eigenvalue weighted by molar-refractivity contribution is 0.0656. The zero-order chi connectivity index (χ0) is 23.4. The SMILES string of the molecule is CCc1ccccc1NC(=S)NNC(=O)c1cnn2c1N[C@H](c1ccccc1)C[C@@H]2C(F)F. The summed E-state index contributed by atoms with van der Waals surface area (Å²) in [5, 5.41) is 10.5. The van der Waals surface area contributed by atoms with E-state index in [9.17, 15) is 13.6 Å². The second kappa shape index (κ2) is 9.95. The predicted molar refractivity (Wildman–Crippen MR) is 127 cm³/mol. The maximum absolute atomic E-state index is 13.8. The molecule has 2 atom stereocenters. The third-order valence-electron chi connectivity index (χ3n) is 5.57. The van der Waals surface area contributed by atoms with Crippen molar-refractivity contribution in [2.75, 3.05) is 10.6 Å². The maximum atomic E-state index is 13.8. The number of para-hydroxylation sites is 1. The van der Waals surface area contributed by atoms with E-state index in [2.05, 4.69) is 26.6 Å². The van der Waals surface area contributed by atoms with Gasteiger partial charge in [-0.25, -0.2) is 13.5 Å². The average Bonchev–Trinajstić information content (AvgIpc) is 3.27. The van der Waals surface area contributed by atoms with E-state index in [0.717, 1.165) is 23.2 Å². The molecule has 0 bridgehead atoms.